The normalized spacial score (nSPS) is 14.2. The van der Waals surface area contributed by atoms with Gasteiger partial charge in [-0.1, -0.05) is 23.8 Å². The number of amides is 1. The first-order valence-corrected chi connectivity index (χ1v) is 12.4. The average Bonchev–Trinajstić information content (AvgIpc) is 3.21. The summed E-state index contributed by atoms with van der Waals surface area (Å²) >= 11 is 5.92. The van der Waals surface area contributed by atoms with Gasteiger partial charge in [0.1, 0.15) is 16.8 Å². The SMILES string of the molecule is O=C(NCc1ccnc(Cl)c1)n1c2c(c3cc(C(F)(F)F)ccc31)CN(CC=Cc1ccc(F)cc1F)CC2. The van der Waals surface area contributed by atoms with Crippen LogP contribution in [0.25, 0.3) is 17.0 Å². The predicted octanol–water partition coefficient (Wildman–Crippen LogP) is 6.82. The first kappa shape index (κ1) is 26.8. The number of pyridine rings is 1. The maximum Gasteiger partial charge on any atom is 0.416 e. The third-order valence-electron chi connectivity index (χ3n) is 6.62. The van der Waals surface area contributed by atoms with Crippen molar-refractivity contribution in [2.24, 2.45) is 0 Å². The number of carbonyl (C=O) groups is 1. The second-order valence-corrected chi connectivity index (χ2v) is 9.58. The van der Waals surface area contributed by atoms with E-state index in [2.05, 4.69) is 10.3 Å². The van der Waals surface area contributed by atoms with Crippen molar-refractivity contribution >= 4 is 34.6 Å². The van der Waals surface area contributed by atoms with Crippen LogP contribution < -0.4 is 5.32 Å². The van der Waals surface area contributed by atoms with E-state index < -0.39 is 29.4 Å². The van der Waals surface area contributed by atoms with Crippen LogP contribution in [0.1, 0.15) is 27.9 Å². The number of hydrogen-bond donors (Lipinski definition) is 1. The van der Waals surface area contributed by atoms with Crippen LogP contribution in [-0.4, -0.2) is 33.6 Å². The van der Waals surface area contributed by atoms with Crippen LogP contribution >= 0.6 is 11.6 Å². The maximum atomic E-state index is 13.9. The molecule has 5 rings (SSSR count). The molecule has 0 unspecified atom stereocenters. The number of halogens is 6. The van der Waals surface area contributed by atoms with Crippen molar-refractivity contribution in [3.8, 4) is 0 Å². The van der Waals surface area contributed by atoms with Gasteiger partial charge in [0.2, 0.25) is 0 Å². The first-order chi connectivity index (χ1) is 18.6. The fraction of sp³-hybridized carbons (Fsp3) is 0.214. The molecule has 2 aromatic heterocycles. The topological polar surface area (TPSA) is 50.2 Å². The number of carbonyl (C=O) groups excluding carboxylic acids is 1. The first-order valence-electron chi connectivity index (χ1n) is 12.1. The zero-order chi connectivity index (χ0) is 27.7. The number of hydrogen-bond acceptors (Lipinski definition) is 3. The lowest BCUT2D eigenvalue weighted by Gasteiger charge is -2.27. The number of rotatable bonds is 5. The lowest BCUT2D eigenvalue weighted by Crippen LogP contribution is -2.34. The minimum absolute atomic E-state index is 0.160. The summed E-state index contributed by atoms with van der Waals surface area (Å²) in [5.74, 6) is -1.36. The van der Waals surface area contributed by atoms with E-state index in [9.17, 15) is 26.7 Å². The fourth-order valence-corrected chi connectivity index (χ4v) is 4.95. The van der Waals surface area contributed by atoms with Crippen molar-refractivity contribution in [2.75, 3.05) is 13.1 Å². The highest BCUT2D eigenvalue weighted by atomic mass is 35.5. The molecule has 202 valence electrons. The van der Waals surface area contributed by atoms with E-state index in [-0.39, 0.29) is 17.3 Å². The molecule has 1 aliphatic heterocycles. The second kappa shape index (κ2) is 10.8. The smallest absolute Gasteiger partial charge is 0.333 e. The van der Waals surface area contributed by atoms with Gasteiger partial charge in [-0.15, -0.1) is 0 Å². The highest BCUT2D eigenvalue weighted by Crippen LogP contribution is 2.36. The number of fused-ring (bicyclic) bond motifs is 3. The number of benzene rings is 2. The predicted molar refractivity (Wildman–Crippen MR) is 138 cm³/mol. The Balaban J connectivity index is 1.43. The van der Waals surface area contributed by atoms with Crippen molar-refractivity contribution in [3.63, 3.8) is 0 Å². The Bertz CT molecular complexity index is 1580. The Hall–Kier alpha value is -3.76. The molecular weight excluding hydrogens is 539 g/mol. The summed E-state index contributed by atoms with van der Waals surface area (Å²) in [6.07, 6.45) is 0.645. The highest BCUT2D eigenvalue weighted by molar-refractivity contribution is 6.29. The maximum absolute atomic E-state index is 13.9. The summed E-state index contributed by atoms with van der Waals surface area (Å²) in [6, 6.07) is 9.52. The molecule has 0 radical (unpaired) electrons. The van der Waals surface area contributed by atoms with Crippen molar-refractivity contribution in [1.29, 1.82) is 0 Å². The van der Waals surface area contributed by atoms with Crippen LogP contribution in [0.2, 0.25) is 5.15 Å². The summed E-state index contributed by atoms with van der Waals surface area (Å²) in [7, 11) is 0. The molecule has 5 nitrogen and oxygen atoms in total. The highest BCUT2D eigenvalue weighted by Gasteiger charge is 2.33. The van der Waals surface area contributed by atoms with Gasteiger partial charge >= 0.3 is 12.2 Å². The quantitative estimate of drug-likeness (QED) is 0.215. The molecule has 0 fully saturated rings. The van der Waals surface area contributed by atoms with Gasteiger partial charge in [-0.3, -0.25) is 9.47 Å². The minimum Gasteiger partial charge on any atom is -0.333 e. The number of alkyl halides is 3. The monoisotopic (exact) mass is 560 g/mol. The summed E-state index contributed by atoms with van der Waals surface area (Å²) in [5.41, 5.74) is 1.80. The molecule has 3 heterocycles. The Kier molecular flexibility index (Phi) is 7.42. The Labute approximate surface area is 225 Å². The van der Waals surface area contributed by atoms with Crippen molar-refractivity contribution in [3.05, 3.63) is 106 Å². The molecule has 11 heteroatoms. The Morgan fingerprint density at radius 2 is 1.92 bits per heavy atom. The van der Waals surface area contributed by atoms with Crippen LogP contribution in [0.5, 0.6) is 0 Å². The molecular formula is C28H22ClF5N4O. The molecule has 0 saturated heterocycles. The lowest BCUT2D eigenvalue weighted by atomic mass is 10.0. The van der Waals surface area contributed by atoms with Crippen molar-refractivity contribution in [2.45, 2.75) is 25.7 Å². The van der Waals surface area contributed by atoms with Gasteiger partial charge < -0.3 is 5.32 Å². The zero-order valence-corrected chi connectivity index (χ0v) is 21.2. The molecule has 0 saturated carbocycles. The third kappa shape index (κ3) is 5.81. The van der Waals surface area contributed by atoms with Crippen molar-refractivity contribution in [1.82, 2.24) is 19.8 Å². The Morgan fingerprint density at radius 1 is 1.10 bits per heavy atom. The van der Waals surface area contributed by atoms with Crippen LogP contribution in [0, 0.1) is 11.6 Å². The molecule has 0 bridgehead atoms. The summed E-state index contributed by atoms with van der Waals surface area (Å²) in [4.78, 5) is 19.2. The van der Waals surface area contributed by atoms with E-state index in [1.807, 2.05) is 4.90 Å². The van der Waals surface area contributed by atoms with E-state index >= 15 is 0 Å². The molecule has 0 spiro atoms. The van der Waals surface area contributed by atoms with Crippen LogP contribution in [0.4, 0.5) is 26.7 Å². The molecule has 2 aromatic carbocycles. The Morgan fingerprint density at radius 3 is 2.67 bits per heavy atom. The van der Waals surface area contributed by atoms with Gasteiger partial charge in [-0.05, 0) is 53.6 Å². The van der Waals surface area contributed by atoms with Gasteiger partial charge in [0.25, 0.3) is 0 Å². The molecule has 0 aliphatic carbocycles. The summed E-state index contributed by atoms with van der Waals surface area (Å²) in [5, 5.41) is 3.44. The third-order valence-corrected chi connectivity index (χ3v) is 6.82. The van der Waals surface area contributed by atoms with E-state index in [4.69, 9.17) is 11.6 Å². The molecule has 1 N–H and O–H groups in total. The minimum atomic E-state index is -4.54. The second-order valence-electron chi connectivity index (χ2n) is 9.19. The van der Waals surface area contributed by atoms with Crippen LogP contribution in [-0.2, 0) is 25.7 Å². The number of nitrogens with one attached hydrogen (secondary N) is 1. The summed E-state index contributed by atoms with van der Waals surface area (Å²) < 4.78 is 69.2. The number of nitrogens with zero attached hydrogens (tertiary/aromatic N) is 3. The largest absolute Gasteiger partial charge is 0.416 e. The summed E-state index contributed by atoms with van der Waals surface area (Å²) in [6.45, 7) is 1.37. The van der Waals surface area contributed by atoms with Gasteiger partial charge in [0.15, 0.2) is 0 Å². The van der Waals surface area contributed by atoms with Crippen LogP contribution in [0.15, 0.2) is 60.8 Å². The van der Waals surface area contributed by atoms with E-state index in [0.717, 1.165) is 29.8 Å². The van der Waals surface area contributed by atoms with Crippen LogP contribution in [0.3, 0.4) is 0 Å². The van der Waals surface area contributed by atoms with Gasteiger partial charge in [0.05, 0.1) is 11.1 Å². The molecule has 0 atom stereocenters. The van der Waals surface area contributed by atoms with Gasteiger partial charge in [0, 0.05) is 61.5 Å². The van der Waals surface area contributed by atoms with Gasteiger partial charge in [-0.25, -0.2) is 18.6 Å². The standard InChI is InChI=1S/C28H22ClF5N4O/c29-26-12-17(7-9-35-26)15-36-27(39)38-24-6-4-19(28(32,33)34)13-21(24)22-16-37(11-8-25(22)38)10-1-2-18-3-5-20(30)14-23(18)31/h1-7,9,12-14H,8,10-11,15-16H2,(H,36,39). The molecule has 4 aromatic rings. The van der Waals surface area contributed by atoms with E-state index in [1.54, 1.807) is 18.2 Å². The molecule has 39 heavy (non-hydrogen) atoms. The average molecular weight is 561 g/mol. The molecule has 1 aliphatic rings. The lowest BCUT2D eigenvalue weighted by molar-refractivity contribution is -0.137. The zero-order valence-electron chi connectivity index (χ0n) is 20.4. The molecule has 1 amide bonds. The van der Waals surface area contributed by atoms with Gasteiger partial charge in [-0.2, -0.15) is 13.2 Å². The van der Waals surface area contributed by atoms with Crippen molar-refractivity contribution < 1.29 is 26.7 Å². The van der Waals surface area contributed by atoms with E-state index in [1.165, 1.54) is 29.0 Å². The van der Waals surface area contributed by atoms with E-state index in [0.29, 0.717) is 48.2 Å². The number of aromatic nitrogens is 2. The fourth-order valence-electron chi connectivity index (χ4n) is 4.75.